The highest BCUT2D eigenvalue weighted by Crippen LogP contribution is 2.38. The summed E-state index contributed by atoms with van der Waals surface area (Å²) < 4.78 is 25.7. The summed E-state index contributed by atoms with van der Waals surface area (Å²) in [6.07, 6.45) is 5.00. The number of hydrogen-bond donors (Lipinski definition) is 2. The van der Waals surface area contributed by atoms with Gasteiger partial charge in [-0.1, -0.05) is 19.8 Å². The molecule has 1 saturated carbocycles. The molecule has 6 heteroatoms. The summed E-state index contributed by atoms with van der Waals surface area (Å²) in [5, 5.41) is 0.591. The molecule has 0 saturated heterocycles. The van der Waals surface area contributed by atoms with Crippen molar-refractivity contribution in [1.82, 2.24) is 4.72 Å². The zero-order chi connectivity index (χ0) is 14.8. The van der Waals surface area contributed by atoms with Crippen LogP contribution in [0.15, 0.2) is 28.0 Å². The fourth-order valence-electron chi connectivity index (χ4n) is 2.58. The van der Waals surface area contributed by atoms with E-state index in [1.807, 2.05) is 6.07 Å². The van der Waals surface area contributed by atoms with E-state index in [0.717, 1.165) is 10.8 Å². The molecule has 1 aromatic carbocycles. The van der Waals surface area contributed by atoms with Crippen LogP contribution in [-0.2, 0) is 10.0 Å². The van der Waals surface area contributed by atoms with Gasteiger partial charge in [0.2, 0.25) is 10.0 Å². The summed E-state index contributed by atoms with van der Waals surface area (Å²) in [6.45, 7) is 2.29. The normalized spacial score (nSPS) is 23.7. The second kappa shape index (κ2) is 6.37. The van der Waals surface area contributed by atoms with E-state index in [0.29, 0.717) is 10.9 Å². The summed E-state index contributed by atoms with van der Waals surface area (Å²) in [5.74, 6) is 0.770. The highest BCUT2D eigenvalue weighted by Gasteiger charge is 2.21. The van der Waals surface area contributed by atoms with E-state index in [4.69, 9.17) is 5.73 Å². The summed E-state index contributed by atoms with van der Waals surface area (Å²) >= 11 is 1.78. The Morgan fingerprint density at radius 1 is 1.35 bits per heavy atom. The van der Waals surface area contributed by atoms with Crippen LogP contribution >= 0.6 is 11.8 Å². The molecule has 0 amide bonds. The van der Waals surface area contributed by atoms with Crippen LogP contribution in [0.1, 0.15) is 32.6 Å². The molecule has 2 rings (SSSR count). The largest absolute Gasteiger partial charge is 0.398 e. The van der Waals surface area contributed by atoms with Gasteiger partial charge in [-0.2, -0.15) is 0 Å². The van der Waals surface area contributed by atoms with E-state index in [-0.39, 0.29) is 4.90 Å². The summed E-state index contributed by atoms with van der Waals surface area (Å²) in [4.78, 5) is 1.21. The zero-order valence-electron chi connectivity index (χ0n) is 11.9. The number of hydrogen-bond acceptors (Lipinski definition) is 4. The summed E-state index contributed by atoms with van der Waals surface area (Å²) in [6, 6.07) is 4.99. The summed E-state index contributed by atoms with van der Waals surface area (Å²) in [5.41, 5.74) is 6.56. The number of rotatable bonds is 4. The molecule has 1 aliphatic carbocycles. The van der Waals surface area contributed by atoms with Crippen molar-refractivity contribution < 1.29 is 8.42 Å². The number of nitrogens with one attached hydrogen (secondary N) is 1. The first kappa shape index (κ1) is 15.7. The van der Waals surface area contributed by atoms with Gasteiger partial charge >= 0.3 is 0 Å². The smallest absolute Gasteiger partial charge is 0.240 e. The minimum Gasteiger partial charge on any atom is -0.398 e. The molecule has 1 fully saturated rings. The monoisotopic (exact) mass is 314 g/mol. The fraction of sp³-hybridized carbons (Fsp3) is 0.571. The van der Waals surface area contributed by atoms with Crippen LogP contribution in [0.3, 0.4) is 0 Å². The Kier molecular flexibility index (Phi) is 4.99. The molecular weight excluding hydrogens is 292 g/mol. The van der Waals surface area contributed by atoms with Crippen molar-refractivity contribution in [3.8, 4) is 0 Å². The van der Waals surface area contributed by atoms with E-state index >= 15 is 0 Å². The minimum absolute atomic E-state index is 0.221. The van der Waals surface area contributed by atoms with E-state index < -0.39 is 10.0 Å². The third-order valence-corrected chi connectivity index (χ3v) is 6.54. The van der Waals surface area contributed by atoms with E-state index in [2.05, 4.69) is 11.6 Å². The molecule has 3 N–H and O–H groups in total. The predicted octanol–water partition coefficient (Wildman–Crippen LogP) is 2.85. The Balaban J connectivity index is 2.14. The molecule has 112 valence electrons. The van der Waals surface area contributed by atoms with E-state index in [1.165, 1.54) is 32.7 Å². The Morgan fingerprint density at radius 2 is 2.10 bits per heavy atom. The van der Waals surface area contributed by atoms with Gasteiger partial charge < -0.3 is 5.73 Å². The van der Waals surface area contributed by atoms with Crippen molar-refractivity contribution in [2.45, 2.75) is 47.6 Å². The summed E-state index contributed by atoms with van der Waals surface area (Å²) in [7, 11) is -2.02. The highest BCUT2D eigenvalue weighted by atomic mass is 32.2. The van der Waals surface area contributed by atoms with Crippen molar-refractivity contribution in [1.29, 1.82) is 0 Å². The molecule has 2 atom stereocenters. The van der Waals surface area contributed by atoms with Crippen LogP contribution < -0.4 is 10.5 Å². The van der Waals surface area contributed by atoms with Gasteiger partial charge in [-0.05, 0) is 44.0 Å². The average Bonchev–Trinajstić information content (AvgIpc) is 2.41. The highest BCUT2D eigenvalue weighted by molar-refractivity contribution is 8.00. The molecule has 0 spiro atoms. The molecule has 4 nitrogen and oxygen atoms in total. The number of nitrogen functional groups attached to an aromatic ring is 1. The first-order valence-corrected chi connectivity index (χ1v) is 9.28. The van der Waals surface area contributed by atoms with Crippen molar-refractivity contribution >= 4 is 27.5 Å². The molecule has 0 radical (unpaired) electrons. The number of sulfonamides is 1. The first-order chi connectivity index (χ1) is 9.42. The lowest BCUT2D eigenvalue weighted by atomic mass is 9.91. The Labute approximate surface area is 125 Å². The van der Waals surface area contributed by atoms with Crippen LogP contribution in [-0.4, -0.2) is 20.7 Å². The maximum atomic E-state index is 11.7. The number of thioether (sulfide) groups is 1. The molecule has 0 heterocycles. The molecule has 0 aliphatic heterocycles. The lowest BCUT2D eigenvalue weighted by Crippen LogP contribution is -2.19. The van der Waals surface area contributed by atoms with Crippen LogP contribution in [0.2, 0.25) is 0 Å². The SMILES string of the molecule is CNS(=O)(=O)c1ccc(SC2CCCC(C)C2)c(N)c1. The van der Waals surface area contributed by atoms with Gasteiger partial charge in [-0.15, -0.1) is 11.8 Å². The third kappa shape index (κ3) is 3.68. The minimum atomic E-state index is -3.42. The third-order valence-electron chi connectivity index (χ3n) is 3.74. The predicted molar refractivity (Wildman–Crippen MR) is 84.4 cm³/mol. The quantitative estimate of drug-likeness (QED) is 0.838. The van der Waals surface area contributed by atoms with Gasteiger partial charge in [0.25, 0.3) is 0 Å². The van der Waals surface area contributed by atoms with Crippen LogP contribution in [0.25, 0.3) is 0 Å². The van der Waals surface area contributed by atoms with Crippen molar-refractivity contribution in [2.24, 2.45) is 5.92 Å². The maximum absolute atomic E-state index is 11.7. The van der Waals surface area contributed by atoms with Gasteiger partial charge in [0, 0.05) is 15.8 Å². The first-order valence-electron chi connectivity index (χ1n) is 6.92. The van der Waals surface area contributed by atoms with Gasteiger partial charge in [-0.3, -0.25) is 0 Å². The zero-order valence-corrected chi connectivity index (χ0v) is 13.6. The number of anilines is 1. The van der Waals surface area contributed by atoms with Gasteiger partial charge in [0.05, 0.1) is 4.90 Å². The molecule has 1 aliphatic rings. The Bertz CT molecular complexity index is 573. The second-order valence-electron chi connectivity index (χ2n) is 5.42. The Morgan fingerprint density at radius 3 is 2.70 bits per heavy atom. The Hall–Kier alpha value is -0.720. The van der Waals surface area contributed by atoms with Crippen molar-refractivity contribution in [3.05, 3.63) is 18.2 Å². The van der Waals surface area contributed by atoms with Crippen LogP contribution in [0, 0.1) is 5.92 Å². The molecule has 2 unspecified atom stereocenters. The lowest BCUT2D eigenvalue weighted by molar-refractivity contribution is 0.394. The molecule has 0 bridgehead atoms. The average molecular weight is 314 g/mol. The fourth-order valence-corrected chi connectivity index (χ4v) is 4.76. The number of nitrogens with two attached hydrogens (primary N) is 1. The lowest BCUT2D eigenvalue weighted by Gasteiger charge is -2.26. The topological polar surface area (TPSA) is 72.2 Å². The van der Waals surface area contributed by atoms with Gasteiger partial charge in [0.15, 0.2) is 0 Å². The van der Waals surface area contributed by atoms with Gasteiger partial charge in [-0.25, -0.2) is 13.1 Å². The maximum Gasteiger partial charge on any atom is 0.240 e. The second-order valence-corrected chi connectivity index (χ2v) is 8.65. The van der Waals surface area contributed by atoms with E-state index in [9.17, 15) is 8.42 Å². The van der Waals surface area contributed by atoms with Gasteiger partial charge in [0.1, 0.15) is 0 Å². The van der Waals surface area contributed by atoms with Crippen molar-refractivity contribution in [3.63, 3.8) is 0 Å². The van der Waals surface area contributed by atoms with Crippen LogP contribution in [0.4, 0.5) is 5.69 Å². The molecular formula is C14H22N2O2S2. The van der Waals surface area contributed by atoms with E-state index in [1.54, 1.807) is 23.9 Å². The van der Waals surface area contributed by atoms with Crippen LogP contribution in [0.5, 0.6) is 0 Å². The molecule has 1 aromatic rings. The van der Waals surface area contributed by atoms with Crippen molar-refractivity contribution in [2.75, 3.05) is 12.8 Å². The standard InChI is InChI=1S/C14H22N2O2S2/c1-10-4-3-5-11(8-10)19-14-7-6-12(9-13(14)15)20(17,18)16-2/h6-7,9-11,16H,3-5,8,15H2,1-2H3. The number of benzene rings is 1. The molecule has 20 heavy (non-hydrogen) atoms. The molecule has 0 aromatic heterocycles.